The van der Waals surface area contributed by atoms with Gasteiger partial charge in [-0.05, 0) is 106 Å². The zero-order valence-corrected chi connectivity index (χ0v) is 47.2. The number of aliphatic hydroxyl groups is 1. The van der Waals surface area contributed by atoms with Gasteiger partial charge in [0.2, 0.25) is 39.6 Å². The number of carbonyl (C=O) groups is 4. The van der Waals surface area contributed by atoms with Crippen LogP contribution < -0.4 is 36.2 Å². The van der Waals surface area contributed by atoms with Gasteiger partial charge in [0.1, 0.15) is 17.9 Å². The molecule has 2 aliphatic rings. The quantitative estimate of drug-likeness (QED) is 0.0354. The summed E-state index contributed by atoms with van der Waals surface area (Å²) in [5.41, 5.74) is 6.70. The minimum absolute atomic E-state index is 0.00869. The average Bonchev–Trinajstić information content (AvgIpc) is 4.00. The van der Waals surface area contributed by atoms with Crippen LogP contribution in [0.15, 0.2) is 89.4 Å². The van der Waals surface area contributed by atoms with E-state index in [0.29, 0.717) is 37.0 Å². The van der Waals surface area contributed by atoms with Gasteiger partial charge in [-0.1, -0.05) is 63.9 Å². The van der Waals surface area contributed by atoms with E-state index < -0.39 is 45.1 Å². The van der Waals surface area contributed by atoms with Gasteiger partial charge in [0.05, 0.1) is 33.6 Å². The Labute approximate surface area is 457 Å². The molecule has 0 radical (unpaired) electrons. The Hall–Kier alpha value is -6.52. The van der Waals surface area contributed by atoms with Crippen LogP contribution in [-0.4, -0.2) is 131 Å². The van der Waals surface area contributed by atoms with Gasteiger partial charge in [0, 0.05) is 93.0 Å². The van der Waals surface area contributed by atoms with Crippen molar-refractivity contribution < 1.29 is 32.7 Å². The number of thiazole rings is 1. The van der Waals surface area contributed by atoms with Gasteiger partial charge >= 0.3 is 0 Å². The van der Waals surface area contributed by atoms with E-state index in [2.05, 4.69) is 56.1 Å². The number of rotatable bonds is 22. The molecule has 0 saturated carbocycles. The number of β-amino-alcohol motifs (C(OH)–C–C–N with tert-alkyl or cyclic N) is 1. The van der Waals surface area contributed by atoms with E-state index in [0.717, 1.165) is 84.1 Å². The second-order valence-corrected chi connectivity index (χ2v) is 24.7. The topological polar surface area (TPSA) is 243 Å². The molecule has 2 saturated heterocycles. The summed E-state index contributed by atoms with van der Waals surface area (Å²) in [6, 6.07) is 20.8. The highest BCUT2D eigenvalue weighted by Gasteiger charge is 2.44. The highest BCUT2D eigenvalue weighted by atomic mass is 32.2. The van der Waals surface area contributed by atoms with Crippen LogP contribution in [0.1, 0.15) is 96.9 Å². The molecule has 3 atom stereocenters. The van der Waals surface area contributed by atoms with E-state index >= 15 is 0 Å². The van der Waals surface area contributed by atoms with E-state index in [1.165, 1.54) is 4.90 Å². The van der Waals surface area contributed by atoms with Gasteiger partial charge in [-0.25, -0.2) is 23.1 Å². The Morgan fingerprint density at radius 2 is 1.53 bits per heavy atom. The van der Waals surface area contributed by atoms with Crippen LogP contribution in [0.2, 0.25) is 0 Å². The highest BCUT2D eigenvalue weighted by molar-refractivity contribution is 7.89. The first-order valence-corrected chi connectivity index (χ1v) is 28.8. The van der Waals surface area contributed by atoms with Gasteiger partial charge in [-0.2, -0.15) is 4.98 Å². The molecule has 2 fully saturated rings. The summed E-state index contributed by atoms with van der Waals surface area (Å²) in [6.07, 6.45) is 4.22. The van der Waals surface area contributed by atoms with Crippen molar-refractivity contribution in [2.75, 3.05) is 61.3 Å². The number of nitrogens with one attached hydrogen (secondary N) is 6. The van der Waals surface area contributed by atoms with Crippen LogP contribution >= 0.6 is 11.3 Å². The number of unbranched alkanes of at least 4 members (excludes halogenated alkanes) is 3. The number of piperazine rings is 1. The minimum Gasteiger partial charge on any atom is -0.391 e. The number of aliphatic hydroxyl groups excluding tert-OH is 1. The number of carbonyl (C=O) groups excluding carboxylic acids is 4. The van der Waals surface area contributed by atoms with Crippen molar-refractivity contribution in [3.05, 3.63) is 101 Å². The normalized spacial score (nSPS) is 16.7. The summed E-state index contributed by atoms with van der Waals surface area (Å²) in [7, 11) is -3.72. The number of amides is 4. The third-order valence-corrected chi connectivity index (χ3v) is 16.1. The van der Waals surface area contributed by atoms with Crippen molar-refractivity contribution in [2.45, 2.75) is 129 Å². The van der Waals surface area contributed by atoms with Crippen molar-refractivity contribution in [1.82, 2.24) is 45.4 Å². The number of aromatic nitrogens is 3. The zero-order valence-electron chi connectivity index (χ0n) is 45.6. The van der Waals surface area contributed by atoms with E-state index in [4.69, 9.17) is 0 Å². The van der Waals surface area contributed by atoms with Crippen LogP contribution in [0.5, 0.6) is 0 Å². The molecule has 4 heterocycles. The molecule has 77 heavy (non-hydrogen) atoms. The fourth-order valence-corrected chi connectivity index (χ4v) is 11.6. The molecule has 4 amide bonds. The average molecular weight is 1090 g/mol. The standard InChI is InChI=1S/C56H76N12O7S2/c1-37-32-59-54(64-51(37)61-42-14-13-15-45(30-42)77(74,75)65-56(6,7)8)62-41-21-23-43(24-22-41)67-28-26-66(27-29-67)35-48(71)57-25-12-10-9-11-16-47(70)63-50(55(3,4)5)53(73)68-34-44(69)31-46(68)52(72)58-33-39-17-19-40(20-18-39)49-38(2)60-36-76-49/h13-15,17-24,30,32,36,44,46,50,65,69H,9-12,16,25-29,31,33-35H2,1-8H3,(H,57,71)(H,58,72)(H,63,70)(H2,59,61,62,64)/t44-,46+,50?/m1/s1. The molecule has 0 aliphatic carbocycles. The number of hydrogen-bond donors (Lipinski definition) is 7. The number of benzene rings is 3. The second kappa shape index (κ2) is 25.8. The lowest BCUT2D eigenvalue weighted by Gasteiger charge is -2.35. The molecular weight excluding hydrogens is 1020 g/mol. The smallest absolute Gasteiger partial charge is 0.246 e. The Kier molecular flexibility index (Phi) is 19.5. The monoisotopic (exact) mass is 1090 g/mol. The number of aryl methyl sites for hydroxylation is 2. The maximum atomic E-state index is 14.0. The zero-order chi connectivity index (χ0) is 55.5. The fourth-order valence-electron chi connectivity index (χ4n) is 9.28. The van der Waals surface area contributed by atoms with Crippen molar-refractivity contribution in [2.24, 2.45) is 5.41 Å². The van der Waals surface area contributed by atoms with Gasteiger partial charge in [0.25, 0.3) is 0 Å². The lowest BCUT2D eigenvalue weighted by atomic mass is 9.85. The van der Waals surface area contributed by atoms with Crippen LogP contribution in [0.4, 0.5) is 28.8 Å². The molecule has 1 unspecified atom stereocenters. The van der Waals surface area contributed by atoms with Gasteiger partial charge in [-0.15, -0.1) is 11.3 Å². The first-order chi connectivity index (χ1) is 36.5. The first kappa shape index (κ1) is 58.2. The molecule has 21 heteroatoms. The van der Waals surface area contributed by atoms with Crippen LogP contribution in [0.25, 0.3) is 10.4 Å². The molecule has 0 bridgehead atoms. The maximum Gasteiger partial charge on any atom is 0.246 e. The predicted octanol–water partition coefficient (Wildman–Crippen LogP) is 6.78. The number of anilines is 5. The van der Waals surface area contributed by atoms with Crippen LogP contribution in [0, 0.1) is 19.3 Å². The molecule has 19 nitrogen and oxygen atoms in total. The summed E-state index contributed by atoms with van der Waals surface area (Å²) >= 11 is 1.58. The van der Waals surface area contributed by atoms with Gasteiger partial charge in [-0.3, -0.25) is 24.1 Å². The summed E-state index contributed by atoms with van der Waals surface area (Å²) in [4.78, 5) is 74.2. The summed E-state index contributed by atoms with van der Waals surface area (Å²) < 4.78 is 28.6. The number of hydrogen-bond acceptors (Lipinski definition) is 15. The highest BCUT2D eigenvalue weighted by Crippen LogP contribution is 2.30. The number of likely N-dealkylation sites (tertiary alicyclic amines) is 1. The third-order valence-electron chi connectivity index (χ3n) is 13.4. The van der Waals surface area contributed by atoms with E-state index in [1.54, 1.807) is 62.6 Å². The number of nitrogens with zero attached hydrogens (tertiary/aromatic N) is 6. The van der Waals surface area contributed by atoms with E-state index in [9.17, 15) is 32.7 Å². The van der Waals surface area contributed by atoms with Gasteiger partial charge in [0.15, 0.2) is 0 Å². The molecule has 7 N–H and O–H groups in total. The van der Waals surface area contributed by atoms with Crippen molar-refractivity contribution in [3.8, 4) is 10.4 Å². The second-order valence-electron chi connectivity index (χ2n) is 22.1. The van der Waals surface area contributed by atoms with E-state index in [1.807, 2.05) is 88.7 Å². The molecule has 2 aromatic heterocycles. The third kappa shape index (κ3) is 16.7. The van der Waals surface area contributed by atoms with E-state index in [-0.39, 0.29) is 48.5 Å². The summed E-state index contributed by atoms with van der Waals surface area (Å²) in [5.74, 6) is -0.0816. The Bertz CT molecular complexity index is 2930. The SMILES string of the molecule is Cc1cnc(Nc2ccc(N3CCN(CC(=O)NCCCCCCC(=O)NC(C(=O)N4C[C@H](O)C[C@H]4C(=O)NCc4ccc(-c5scnc5C)cc4)C(C)(C)C)CC3)cc2)nc1Nc1cccc(S(=O)(=O)NC(C)(C)C)c1. The fraction of sp³-hybridized carbons (Fsp3) is 0.482. The molecule has 5 aromatic rings. The van der Waals surface area contributed by atoms with Crippen molar-refractivity contribution in [1.29, 1.82) is 0 Å². The number of sulfonamides is 1. The molecular formula is C56H76N12O7S2. The molecule has 3 aromatic carbocycles. The molecule has 414 valence electrons. The predicted molar refractivity (Wildman–Crippen MR) is 303 cm³/mol. The summed E-state index contributed by atoms with van der Waals surface area (Å²) in [6.45, 7) is 19.0. The largest absolute Gasteiger partial charge is 0.391 e. The van der Waals surface area contributed by atoms with Crippen LogP contribution in [0.3, 0.4) is 0 Å². The lowest BCUT2D eigenvalue weighted by Crippen LogP contribution is -2.57. The Morgan fingerprint density at radius 1 is 0.818 bits per heavy atom. The maximum absolute atomic E-state index is 14.0. The Morgan fingerprint density at radius 3 is 2.21 bits per heavy atom. The molecule has 7 rings (SSSR count). The molecule has 0 spiro atoms. The van der Waals surface area contributed by atoms with Crippen molar-refractivity contribution >= 4 is 73.8 Å². The molecule has 2 aliphatic heterocycles. The van der Waals surface area contributed by atoms with Crippen molar-refractivity contribution in [3.63, 3.8) is 0 Å². The first-order valence-electron chi connectivity index (χ1n) is 26.4. The minimum atomic E-state index is -3.72. The van der Waals surface area contributed by atoms with Crippen LogP contribution in [-0.2, 0) is 35.7 Å². The van der Waals surface area contributed by atoms with Gasteiger partial charge < -0.3 is 41.5 Å². The Balaban J connectivity index is 0.770. The summed E-state index contributed by atoms with van der Waals surface area (Å²) in [5, 5.41) is 26.0. The lowest BCUT2D eigenvalue weighted by molar-refractivity contribution is -0.144.